The number of carbonyl (C=O) groups excluding carboxylic acids is 1. The van der Waals surface area contributed by atoms with Crippen molar-refractivity contribution in [2.24, 2.45) is 0 Å². The normalized spacial score (nSPS) is 11.0. The van der Waals surface area contributed by atoms with Crippen LogP contribution < -0.4 is 0 Å². The van der Waals surface area contributed by atoms with Gasteiger partial charge in [0.15, 0.2) is 11.6 Å². The molecule has 1 aromatic carbocycles. The predicted octanol–water partition coefficient (Wildman–Crippen LogP) is 3.13. The van der Waals surface area contributed by atoms with E-state index in [-0.39, 0.29) is 17.9 Å². The van der Waals surface area contributed by atoms with E-state index in [0.717, 1.165) is 12.1 Å². The summed E-state index contributed by atoms with van der Waals surface area (Å²) in [5.41, 5.74) is 0.288. The molecule has 7 heteroatoms. The van der Waals surface area contributed by atoms with Crippen LogP contribution in [0.5, 0.6) is 0 Å². The van der Waals surface area contributed by atoms with Gasteiger partial charge in [0.05, 0.1) is 18.3 Å². The van der Waals surface area contributed by atoms with Gasteiger partial charge in [-0.25, -0.2) is 22.9 Å². The summed E-state index contributed by atoms with van der Waals surface area (Å²) >= 11 is 0. The molecule has 23 heavy (non-hydrogen) atoms. The van der Waals surface area contributed by atoms with Crippen molar-refractivity contribution in [3.05, 3.63) is 71.1 Å². The van der Waals surface area contributed by atoms with Gasteiger partial charge in [-0.1, -0.05) is 6.07 Å². The third-order valence-electron chi connectivity index (χ3n) is 3.48. The standard InChI is InChI=1S/C16H11F3N2O2/c1-23-16(22)15-20-12(13-4-2-3-7-21(13)15)8-9-10(17)5-6-11(18)14(9)19/h2-7H,8H2,1H3. The number of benzene rings is 1. The second-order valence-corrected chi connectivity index (χ2v) is 4.83. The van der Waals surface area contributed by atoms with Crippen molar-refractivity contribution in [3.63, 3.8) is 0 Å². The van der Waals surface area contributed by atoms with Gasteiger partial charge < -0.3 is 4.74 Å². The fraction of sp³-hybridized carbons (Fsp3) is 0.125. The molecule has 0 aliphatic heterocycles. The first-order valence-corrected chi connectivity index (χ1v) is 6.69. The summed E-state index contributed by atoms with van der Waals surface area (Å²) in [6, 6.07) is 6.59. The number of hydrogen-bond donors (Lipinski definition) is 0. The number of halogens is 3. The first-order valence-electron chi connectivity index (χ1n) is 6.69. The number of aromatic nitrogens is 2. The van der Waals surface area contributed by atoms with Gasteiger partial charge in [0.1, 0.15) is 5.82 Å². The molecule has 0 atom stereocenters. The molecule has 0 aliphatic rings. The van der Waals surface area contributed by atoms with Crippen LogP contribution in [0.1, 0.15) is 21.9 Å². The minimum Gasteiger partial charge on any atom is -0.463 e. The van der Waals surface area contributed by atoms with Gasteiger partial charge in [0.25, 0.3) is 0 Å². The van der Waals surface area contributed by atoms with E-state index in [2.05, 4.69) is 9.72 Å². The van der Waals surface area contributed by atoms with Crippen LogP contribution in [0.2, 0.25) is 0 Å². The highest BCUT2D eigenvalue weighted by Gasteiger charge is 2.21. The number of imidazole rings is 1. The topological polar surface area (TPSA) is 43.6 Å². The van der Waals surface area contributed by atoms with Crippen molar-refractivity contribution in [2.45, 2.75) is 6.42 Å². The Morgan fingerprint density at radius 3 is 2.65 bits per heavy atom. The lowest BCUT2D eigenvalue weighted by molar-refractivity contribution is 0.0586. The molecular formula is C16H11F3N2O2. The minimum atomic E-state index is -1.26. The average molecular weight is 320 g/mol. The molecule has 3 rings (SSSR count). The summed E-state index contributed by atoms with van der Waals surface area (Å²) in [5, 5.41) is 0. The molecule has 2 heterocycles. The molecule has 0 amide bonds. The van der Waals surface area contributed by atoms with Crippen LogP contribution in [0.25, 0.3) is 5.52 Å². The molecule has 3 aromatic rings. The van der Waals surface area contributed by atoms with E-state index in [1.165, 1.54) is 11.5 Å². The van der Waals surface area contributed by atoms with E-state index in [1.807, 2.05) is 0 Å². The van der Waals surface area contributed by atoms with Gasteiger partial charge in [-0.3, -0.25) is 4.40 Å². The van der Waals surface area contributed by atoms with Crippen LogP contribution in [0.4, 0.5) is 13.2 Å². The molecule has 0 bridgehead atoms. The number of methoxy groups -OCH3 is 1. The highest BCUT2D eigenvalue weighted by molar-refractivity contribution is 5.87. The van der Waals surface area contributed by atoms with Gasteiger partial charge in [-0.15, -0.1) is 0 Å². The molecule has 0 aliphatic carbocycles. The van der Waals surface area contributed by atoms with Crippen LogP contribution in [0.3, 0.4) is 0 Å². The lowest BCUT2D eigenvalue weighted by Crippen LogP contribution is -2.06. The molecule has 0 saturated heterocycles. The number of fused-ring (bicyclic) bond motifs is 1. The highest BCUT2D eigenvalue weighted by atomic mass is 19.2. The number of rotatable bonds is 3. The third kappa shape index (κ3) is 2.54. The van der Waals surface area contributed by atoms with E-state index in [0.29, 0.717) is 5.52 Å². The van der Waals surface area contributed by atoms with E-state index in [1.54, 1.807) is 24.4 Å². The Morgan fingerprint density at radius 1 is 1.17 bits per heavy atom. The number of hydrogen-bond acceptors (Lipinski definition) is 3. The third-order valence-corrected chi connectivity index (χ3v) is 3.48. The van der Waals surface area contributed by atoms with Crippen molar-refractivity contribution < 1.29 is 22.7 Å². The quantitative estimate of drug-likeness (QED) is 0.550. The van der Waals surface area contributed by atoms with Crippen LogP contribution in [-0.4, -0.2) is 22.5 Å². The maximum atomic E-state index is 13.8. The zero-order chi connectivity index (χ0) is 16.6. The van der Waals surface area contributed by atoms with Gasteiger partial charge >= 0.3 is 5.97 Å². The van der Waals surface area contributed by atoms with Gasteiger partial charge in [0, 0.05) is 18.2 Å². The fourth-order valence-electron chi connectivity index (χ4n) is 2.37. The number of pyridine rings is 1. The largest absolute Gasteiger partial charge is 0.463 e. The number of nitrogens with zero attached hydrogens (tertiary/aromatic N) is 2. The van der Waals surface area contributed by atoms with Crippen LogP contribution >= 0.6 is 0 Å². The number of esters is 1. The summed E-state index contributed by atoms with van der Waals surface area (Å²) in [6.07, 6.45) is 1.29. The second kappa shape index (κ2) is 5.75. The monoisotopic (exact) mass is 320 g/mol. The molecule has 4 nitrogen and oxygen atoms in total. The molecular weight excluding hydrogens is 309 g/mol. The molecule has 0 fully saturated rings. The van der Waals surface area contributed by atoms with Crippen LogP contribution in [-0.2, 0) is 11.2 Å². The van der Waals surface area contributed by atoms with E-state index >= 15 is 0 Å². The van der Waals surface area contributed by atoms with Gasteiger partial charge in [0.2, 0.25) is 5.82 Å². The van der Waals surface area contributed by atoms with Gasteiger partial charge in [-0.2, -0.15) is 0 Å². The van der Waals surface area contributed by atoms with Crippen molar-refractivity contribution in [3.8, 4) is 0 Å². The maximum Gasteiger partial charge on any atom is 0.374 e. The van der Waals surface area contributed by atoms with Crippen molar-refractivity contribution in [2.75, 3.05) is 7.11 Å². The Morgan fingerprint density at radius 2 is 1.91 bits per heavy atom. The summed E-state index contributed by atoms with van der Waals surface area (Å²) in [4.78, 5) is 15.9. The summed E-state index contributed by atoms with van der Waals surface area (Å²) in [5.74, 6) is -3.98. The predicted molar refractivity (Wildman–Crippen MR) is 75.7 cm³/mol. The Bertz CT molecular complexity index is 906. The summed E-state index contributed by atoms with van der Waals surface area (Å²) in [6.45, 7) is 0. The Balaban J connectivity index is 2.15. The van der Waals surface area contributed by atoms with E-state index < -0.39 is 29.0 Å². The first-order chi connectivity index (χ1) is 11.0. The zero-order valence-electron chi connectivity index (χ0n) is 12.0. The molecule has 0 radical (unpaired) electrons. The van der Waals surface area contributed by atoms with Crippen LogP contribution in [0.15, 0.2) is 36.5 Å². The molecule has 0 saturated carbocycles. The van der Waals surface area contributed by atoms with Crippen molar-refractivity contribution in [1.82, 2.24) is 9.38 Å². The molecule has 2 aromatic heterocycles. The average Bonchev–Trinajstić information content (AvgIpc) is 2.93. The smallest absolute Gasteiger partial charge is 0.374 e. The van der Waals surface area contributed by atoms with Crippen molar-refractivity contribution >= 4 is 11.5 Å². The molecule has 0 spiro atoms. The van der Waals surface area contributed by atoms with Crippen LogP contribution in [0, 0.1) is 17.5 Å². The van der Waals surface area contributed by atoms with Gasteiger partial charge in [-0.05, 0) is 24.3 Å². The highest BCUT2D eigenvalue weighted by Crippen LogP contribution is 2.22. The molecule has 0 N–H and O–H groups in total. The number of ether oxygens (including phenoxy) is 1. The van der Waals surface area contributed by atoms with E-state index in [4.69, 9.17) is 0 Å². The SMILES string of the molecule is COC(=O)c1nc(Cc2c(F)ccc(F)c2F)c2ccccn12. The van der Waals surface area contributed by atoms with Crippen molar-refractivity contribution in [1.29, 1.82) is 0 Å². The second-order valence-electron chi connectivity index (χ2n) is 4.83. The van der Waals surface area contributed by atoms with E-state index in [9.17, 15) is 18.0 Å². The lowest BCUT2D eigenvalue weighted by atomic mass is 10.1. The first kappa shape index (κ1) is 15.1. The summed E-state index contributed by atoms with van der Waals surface area (Å²) in [7, 11) is 1.21. The maximum absolute atomic E-state index is 13.8. The fourth-order valence-corrected chi connectivity index (χ4v) is 2.37. The summed E-state index contributed by atoms with van der Waals surface area (Å²) < 4.78 is 47.1. The Hall–Kier alpha value is -2.83. The Labute approximate surface area is 129 Å². The Kier molecular flexibility index (Phi) is 3.77. The molecule has 118 valence electrons. The minimum absolute atomic E-state index is 0.0182. The number of carbonyl (C=O) groups is 1. The lowest BCUT2D eigenvalue weighted by Gasteiger charge is -2.04. The zero-order valence-corrected chi connectivity index (χ0v) is 12.0. The molecule has 0 unspecified atom stereocenters.